The van der Waals surface area contributed by atoms with E-state index in [1.54, 1.807) is 0 Å². The van der Waals surface area contributed by atoms with Crippen LogP contribution in [0.15, 0.2) is 18.2 Å². The summed E-state index contributed by atoms with van der Waals surface area (Å²) in [4.78, 5) is 0. The maximum absolute atomic E-state index is 6.13. The van der Waals surface area contributed by atoms with Crippen molar-refractivity contribution in [1.82, 2.24) is 5.32 Å². The molecule has 0 aromatic heterocycles. The van der Waals surface area contributed by atoms with Crippen molar-refractivity contribution >= 4 is 12.6 Å². The van der Waals surface area contributed by atoms with Gasteiger partial charge in [0.05, 0.1) is 11.2 Å². The van der Waals surface area contributed by atoms with Gasteiger partial charge in [0.1, 0.15) is 0 Å². The molecule has 108 valence electrons. The van der Waals surface area contributed by atoms with Crippen molar-refractivity contribution in [2.45, 2.75) is 57.8 Å². The molecule has 1 aromatic carbocycles. The third-order valence-corrected chi connectivity index (χ3v) is 5.12. The average molecular weight is 273 g/mol. The Morgan fingerprint density at radius 2 is 1.80 bits per heavy atom. The van der Waals surface area contributed by atoms with Gasteiger partial charge in [-0.1, -0.05) is 18.2 Å². The number of hydrogen-bond acceptors (Lipinski definition) is 3. The van der Waals surface area contributed by atoms with Crippen LogP contribution < -0.4 is 10.8 Å². The standard InChI is InChI=1S/C16H24BNO2/c1-15(2)16(3,4)20-17(19-15)12-7-8-13-11(10-12)6-9-14(13)18-5/h7-8,10,14,18H,6,9H2,1-5H3. The summed E-state index contributed by atoms with van der Waals surface area (Å²) in [6.45, 7) is 8.38. The minimum absolute atomic E-state index is 0.251. The smallest absolute Gasteiger partial charge is 0.399 e. The molecule has 0 spiro atoms. The van der Waals surface area contributed by atoms with Crippen molar-refractivity contribution in [3.8, 4) is 0 Å². The molecule has 3 rings (SSSR count). The van der Waals surface area contributed by atoms with Crippen LogP contribution in [-0.2, 0) is 15.7 Å². The predicted molar refractivity (Wildman–Crippen MR) is 82.3 cm³/mol. The van der Waals surface area contributed by atoms with Crippen LogP contribution in [0.3, 0.4) is 0 Å². The molecule has 1 atom stereocenters. The molecule has 4 heteroatoms. The summed E-state index contributed by atoms with van der Waals surface area (Å²) in [5.74, 6) is 0. The molecule has 0 radical (unpaired) electrons. The summed E-state index contributed by atoms with van der Waals surface area (Å²) in [6, 6.07) is 7.13. The van der Waals surface area contributed by atoms with Crippen LogP contribution in [0.1, 0.15) is 51.3 Å². The highest BCUT2D eigenvalue weighted by molar-refractivity contribution is 6.62. The van der Waals surface area contributed by atoms with Gasteiger partial charge in [0.25, 0.3) is 0 Å². The molecule has 1 saturated heterocycles. The Hall–Kier alpha value is -0.835. The zero-order chi connectivity index (χ0) is 14.5. The third-order valence-electron chi connectivity index (χ3n) is 5.12. The Kier molecular flexibility index (Phi) is 3.24. The first-order valence-corrected chi connectivity index (χ1v) is 7.50. The zero-order valence-corrected chi connectivity index (χ0v) is 13.1. The molecular weight excluding hydrogens is 249 g/mol. The third kappa shape index (κ3) is 2.10. The lowest BCUT2D eigenvalue weighted by atomic mass is 9.78. The Labute approximate surface area is 122 Å². The summed E-state index contributed by atoms with van der Waals surface area (Å²) >= 11 is 0. The molecule has 0 bridgehead atoms. The van der Waals surface area contributed by atoms with E-state index >= 15 is 0 Å². The van der Waals surface area contributed by atoms with Crippen LogP contribution >= 0.6 is 0 Å². The maximum atomic E-state index is 6.13. The fraction of sp³-hybridized carbons (Fsp3) is 0.625. The zero-order valence-electron chi connectivity index (χ0n) is 13.1. The minimum Gasteiger partial charge on any atom is -0.399 e. The second-order valence-corrected chi connectivity index (χ2v) is 6.93. The van der Waals surface area contributed by atoms with Crippen molar-refractivity contribution in [3.63, 3.8) is 0 Å². The molecule has 3 nitrogen and oxygen atoms in total. The van der Waals surface area contributed by atoms with E-state index in [1.807, 2.05) is 7.05 Å². The molecule has 1 fully saturated rings. The van der Waals surface area contributed by atoms with Crippen LogP contribution in [0.25, 0.3) is 0 Å². The van der Waals surface area contributed by atoms with Gasteiger partial charge in [0.15, 0.2) is 0 Å². The lowest BCUT2D eigenvalue weighted by Gasteiger charge is -2.32. The molecule has 2 aliphatic rings. The summed E-state index contributed by atoms with van der Waals surface area (Å²) in [5.41, 5.74) is 3.44. The first kappa shape index (κ1) is 14.1. The van der Waals surface area contributed by atoms with Crippen molar-refractivity contribution in [2.75, 3.05) is 7.05 Å². The number of aryl methyl sites for hydroxylation is 1. The van der Waals surface area contributed by atoms with Gasteiger partial charge >= 0.3 is 7.12 Å². The fourth-order valence-electron chi connectivity index (χ4n) is 3.06. The first-order chi connectivity index (χ1) is 9.34. The maximum Gasteiger partial charge on any atom is 0.494 e. The van der Waals surface area contributed by atoms with Gasteiger partial charge in [-0.2, -0.15) is 0 Å². The normalized spacial score (nSPS) is 26.9. The highest BCUT2D eigenvalue weighted by atomic mass is 16.7. The summed E-state index contributed by atoms with van der Waals surface area (Å²) in [6.07, 6.45) is 2.31. The van der Waals surface area contributed by atoms with Crippen LogP contribution in [0.5, 0.6) is 0 Å². The molecule has 1 aliphatic carbocycles. The van der Waals surface area contributed by atoms with E-state index in [2.05, 4.69) is 51.2 Å². The van der Waals surface area contributed by atoms with Gasteiger partial charge in [0.2, 0.25) is 0 Å². The molecule has 20 heavy (non-hydrogen) atoms. The summed E-state index contributed by atoms with van der Waals surface area (Å²) in [7, 11) is 1.78. The van der Waals surface area contributed by atoms with E-state index in [4.69, 9.17) is 9.31 Å². The Morgan fingerprint density at radius 1 is 1.15 bits per heavy atom. The van der Waals surface area contributed by atoms with E-state index in [-0.39, 0.29) is 18.3 Å². The first-order valence-electron chi connectivity index (χ1n) is 7.50. The van der Waals surface area contributed by atoms with Gasteiger partial charge in [-0.3, -0.25) is 0 Å². The number of hydrogen-bond donors (Lipinski definition) is 1. The quantitative estimate of drug-likeness (QED) is 0.838. The average Bonchev–Trinajstić information content (AvgIpc) is 2.87. The van der Waals surface area contributed by atoms with Crippen LogP contribution in [0.4, 0.5) is 0 Å². The molecule has 1 aromatic rings. The molecule has 1 aliphatic heterocycles. The lowest BCUT2D eigenvalue weighted by Crippen LogP contribution is -2.41. The largest absolute Gasteiger partial charge is 0.494 e. The summed E-state index contributed by atoms with van der Waals surface area (Å²) < 4.78 is 12.3. The molecule has 0 amide bonds. The number of rotatable bonds is 2. The van der Waals surface area contributed by atoms with E-state index in [1.165, 1.54) is 17.5 Å². The Balaban J connectivity index is 1.87. The monoisotopic (exact) mass is 273 g/mol. The van der Waals surface area contributed by atoms with E-state index < -0.39 is 0 Å². The predicted octanol–water partition coefficient (Wildman–Crippen LogP) is 2.19. The van der Waals surface area contributed by atoms with Crippen molar-refractivity contribution in [2.24, 2.45) is 0 Å². The van der Waals surface area contributed by atoms with Crippen molar-refractivity contribution in [3.05, 3.63) is 29.3 Å². The van der Waals surface area contributed by atoms with Gasteiger partial charge in [-0.15, -0.1) is 0 Å². The molecular formula is C16H24BNO2. The van der Waals surface area contributed by atoms with Crippen LogP contribution in [0.2, 0.25) is 0 Å². The van der Waals surface area contributed by atoms with E-state index in [0.717, 1.165) is 11.9 Å². The van der Waals surface area contributed by atoms with Gasteiger partial charge < -0.3 is 14.6 Å². The molecule has 1 N–H and O–H groups in total. The number of nitrogens with one attached hydrogen (secondary N) is 1. The van der Waals surface area contributed by atoms with Crippen molar-refractivity contribution < 1.29 is 9.31 Å². The molecule has 0 saturated carbocycles. The summed E-state index contributed by atoms with van der Waals surface area (Å²) in [5, 5.41) is 3.37. The number of benzene rings is 1. The fourth-order valence-corrected chi connectivity index (χ4v) is 3.06. The van der Waals surface area contributed by atoms with Crippen molar-refractivity contribution in [1.29, 1.82) is 0 Å². The van der Waals surface area contributed by atoms with E-state index in [9.17, 15) is 0 Å². The molecule has 1 unspecified atom stereocenters. The highest BCUT2D eigenvalue weighted by Crippen LogP contribution is 2.37. The lowest BCUT2D eigenvalue weighted by molar-refractivity contribution is 0.00578. The van der Waals surface area contributed by atoms with Crippen LogP contribution in [-0.4, -0.2) is 25.4 Å². The van der Waals surface area contributed by atoms with Crippen LogP contribution in [0, 0.1) is 0 Å². The van der Waals surface area contributed by atoms with Gasteiger partial charge in [-0.25, -0.2) is 0 Å². The SMILES string of the molecule is CNC1CCc2cc(B3OC(C)(C)C(C)(C)O3)ccc21. The second-order valence-electron chi connectivity index (χ2n) is 6.93. The Bertz CT molecular complexity index is 511. The highest BCUT2D eigenvalue weighted by Gasteiger charge is 2.51. The topological polar surface area (TPSA) is 30.5 Å². The Morgan fingerprint density at radius 3 is 2.40 bits per heavy atom. The second kappa shape index (κ2) is 4.59. The molecule has 1 heterocycles. The van der Waals surface area contributed by atoms with Gasteiger partial charge in [0, 0.05) is 6.04 Å². The number of fused-ring (bicyclic) bond motifs is 1. The minimum atomic E-state index is -0.274. The van der Waals surface area contributed by atoms with Gasteiger partial charge in [-0.05, 0) is 64.2 Å². The van der Waals surface area contributed by atoms with E-state index in [0.29, 0.717) is 6.04 Å².